The molecule has 2 fully saturated rings. The molecular formula is C12H20N2O4. The van der Waals surface area contributed by atoms with Crippen LogP contribution in [0.2, 0.25) is 0 Å². The minimum absolute atomic E-state index is 0.0325. The number of fused-ring (bicyclic) bond motifs is 1. The van der Waals surface area contributed by atoms with Crippen LogP contribution in [0.5, 0.6) is 0 Å². The molecule has 3 atom stereocenters. The highest BCUT2D eigenvalue weighted by Crippen LogP contribution is 2.58. The standard InChI is InChI=1S/C12H20N2O4/c1-11(2)9-7(4-5-18-9)12(11,13)10(16)14-6-8(15)17-3/h7,9H,4-6,13H2,1-3H3,(H,14,16). The number of hydrogen-bond donors (Lipinski definition) is 2. The second-order valence-electron chi connectivity index (χ2n) is 5.54. The Morgan fingerprint density at radius 2 is 2.17 bits per heavy atom. The van der Waals surface area contributed by atoms with E-state index in [9.17, 15) is 9.59 Å². The van der Waals surface area contributed by atoms with Crippen molar-refractivity contribution in [1.29, 1.82) is 0 Å². The summed E-state index contributed by atoms with van der Waals surface area (Å²) in [5, 5.41) is 2.55. The zero-order valence-electron chi connectivity index (χ0n) is 11.0. The summed E-state index contributed by atoms with van der Waals surface area (Å²) in [5.74, 6) is -0.752. The topological polar surface area (TPSA) is 90.7 Å². The lowest BCUT2D eigenvalue weighted by Crippen LogP contribution is -2.80. The summed E-state index contributed by atoms with van der Waals surface area (Å²) in [6, 6.07) is 0. The molecule has 6 heteroatoms. The van der Waals surface area contributed by atoms with Crippen molar-refractivity contribution in [2.75, 3.05) is 20.3 Å². The van der Waals surface area contributed by atoms with E-state index in [1.54, 1.807) is 0 Å². The molecule has 0 aromatic carbocycles. The SMILES string of the molecule is COC(=O)CNC(=O)C1(N)C2CCOC2C1(C)C. The molecule has 3 unspecified atom stereocenters. The third kappa shape index (κ3) is 1.55. The van der Waals surface area contributed by atoms with Gasteiger partial charge in [0, 0.05) is 17.9 Å². The fourth-order valence-electron chi connectivity index (χ4n) is 3.22. The van der Waals surface area contributed by atoms with E-state index in [1.165, 1.54) is 7.11 Å². The van der Waals surface area contributed by atoms with Crippen molar-refractivity contribution in [3.05, 3.63) is 0 Å². The molecule has 1 aliphatic carbocycles. The molecule has 18 heavy (non-hydrogen) atoms. The van der Waals surface area contributed by atoms with E-state index in [0.717, 1.165) is 6.42 Å². The van der Waals surface area contributed by atoms with Crippen LogP contribution in [0.15, 0.2) is 0 Å². The van der Waals surface area contributed by atoms with Crippen LogP contribution in [-0.2, 0) is 19.1 Å². The lowest BCUT2D eigenvalue weighted by molar-refractivity contribution is -0.176. The van der Waals surface area contributed by atoms with Crippen molar-refractivity contribution in [1.82, 2.24) is 5.32 Å². The van der Waals surface area contributed by atoms with Gasteiger partial charge >= 0.3 is 5.97 Å². The first-order valence-corrected chi connectivity index (χ1v) is 6.11. The number of nitrogens with one attached hydrogen (secondary N) is 1. The molecule has 0 spiro atoms. The molecule has 1 aliphatic heterocycles. The van der Waals surface area contributed by atoms with Gasteiger partial charge in [0.1, 0.15) is 12.1 Å². The summed E-state index contributed by atoms with van der Waals surface area (Å²) in [7, 11) is 1.28. The van der Waals surface area contributed by atoms with Crippen LogP contribution in [0, 0.1) is 11.3 Å². The van der Waals surface area contributed by atoms with Gasteiger partial charge < -0.3 is 20.5 Å². The second-order valence-corrected chi connectivity index (χ2v) is 5.54. The van der Waals surface area contributed by atoms with Crippen LogP contribution in [0.4, 0.5) is 0 Å². The maximum Gasteiger partial charge on any atom is 0.325 e. The normalized spacial score (nSPS) is 36.4. The first kappa shape index (κ1) is 13.3. The Labute approximate surface area is 106 Å². The van der Waals surface area contributed by atoms with E-state index in [4.69, 9.17) is 10.5 Å². The zero-order valence-corrected chi connectivity index (χ0v) is 11.0. The molecule has 1 heterocycles. The van der Waals surface area contributed by atoms with Crippen LogP contribution in [0.3, 0.4) is 0 Å². The highest BCUT2D eigenvalue weighted by Gasteiger charge is 2.71. The van der Waals surface area contributed by atoms with Crippen LogP contribution in [0.1, 0.15) is 20.3 Å². The van der Waals surface area contributed by atoms with Crippen molar-refractivity contribution < 1.29 is 19.1 Å². The fourth-order valence-corrected chi connectivity index (χ4v) is 3.22. The molecule has 0 radical (unpaired) electrons. The number of hydrogen-bond acceptors (Lipinski definition) is 5. The van der Waals surface area contributed by atoms with E-state index in [0.29, 0.717) is 6.61 Å². The van der Waals surface area contributed by atoms with Crippen LogP contribution >= 0.6 is 0 Å². The van der Waals surface area contributed by atoms with Crippen molar-refractivity contribution in [2.45, 2.75) is 31.9 Å². The summed E-state index contributed by atoms with van der Waals surface area (Å²) in [6.07, 6.45) is 0.822. The monoisotopic (exact) mass is 256 g/mol. The second kappa shape index (κ2) is 4.20. The lowest BCUT2D eigenvalue weighted by atomic mass is 9.48. The Morgan fingerprint density at radius 1 is 1.50 bits per heavy atom. The van der Waals surface area contributed by atoms with Gasteiger partial charge in [-0.3, -0.25) is 9.59 Å². The largest absolute Gasteiger partial charge is 0.468 e. The lowest BCUT2D eigenvalue weighted by Gasteiger charge is -2.60. The molecule has 0 aromatic rings. The van der Waals surface area contributed by atoms with E-state index in [1.807, 2.05) is 13.8 Å². The first-order chi connectivity index (χ1) is 8.35. The van der Waals surface area contributed by atoms with Crippen molar-refractivity contribution >= 4 is 11.9 Å². The predicted octanol–water partition coefficient (Wildman–Crippen LogP) is -0.582. The van der Waals surface area contributed by atoms with Gasteiger partial charge in [-0.25, -0.2) is 0 Å². The number of ether oxygens (including phenoxy) is 2. The quantitative estimate of drug-likeness (QED) is 0.659. The van der Waals surface area contributed by atoms with E-state index >= 15 is 0 Å². The molecule has 1 saturated heterocycles. The van der Waals surface area contributed by atoms with Gasteiger partial charge in [0.15, 0.2) is 0 Å². The summed E-state index contributed by atoms with van der Waals surface area (Å²) >= 11 is 0. The predicted molar refractivity (Wildman–Crippen MR) is 63.6 cm³/mol. The minimum atomic E-state index is -0.970. The molecule has 0 bridgehead atoms. The van der Waals surface area contributed by atoms with Gasteiger partial charge in [0.2, 0.25) is 5.91 Å². The maximum atomic E-state index is 12.2. The Morgan fingerprint density at radius 3 is 2.78 bits per heavy atom. The molecular weight excluding hydrogens is 236 g/mol. The smallest absolute Gasteiger partial charge is 0.325 e. The average molecular weight is 256 g/mol. The van der Waals surface area contributed by atoms with Crippen LogP contribution < -0.4 is 11.1 Å². The van der Waals surface area contributed by atoms with Crippen LogP contribution in [0.25, 0.3) is 0 Å². The number of amides is 1. The molecule has 1 saturated carbocycles. The number of rotatable bonds is 3. The molecule has 2 rings (SSSR count). The molecule has 1 amide bonds. The number of nitrogens with two attached hydrogens (primary N) is 1. The Kier molecular flexibility index (Phi) is 3.11. The number of carbonyl (C=O) groups excluding carboxylic acids is 2. The third-order valence-electron chi connectivity index (χ3n) is 4.45. The van der Waals surface area contributed by atoms with Gasteiger partial charge in [0.05, 0.1) is 13.2 Å². The van der Waals surface area contributed by atoms with E-state index in [2.05, 4.69) is 10.1 Å². The zero-order chi connectivity index (χ0) is 13.6. The molecule has 3 N–H and O–H groups in total. The summed E-state index contributed by atoms with van der Waals surface area (Å²) in [6.45, 7) is 4.35. The molecule has 6 nitrogen and oxygen atoms in total. The summed E-state index contributed by atoms with van der Waals surface area (Å²) in [4.78, 5) is 23.3. The number of methoxy groups -OCH3 is 1. The fraction of sp³-hybridized carbons (Fsp3) is 0.833. The summed E-state index contributed by atoms with van der Waals surface area (Å²) in [5.41, 5.74) is 4.90. The number of carbonyl (C=O) groups is 2. The van der Waals surface area contributed by atoms with Crippen molar-refractivity contribution in [2.24, 2.45) is 17.1 Å². The highest BCUT2D eigenvalue weighted by atomic mass is 16.5. The van der Waals surface area contributed by atoms with Gasteiger partial charge in [-0.15, -0.1) is 0 Å². The van der Waals surface area contributed by atoms with Gasteiger partial charge in [-0.2, -0.15) is 0 Å². The Hall–Kier alpha value is -1.14. The van der Waals surface area contributed by atoms with Crippen molar-refractivity contribution in [3.8, 4) is 0 Å². The first-order valence-electron chi connectivity index (χ1n) is 6.11. The highest BCUT2D eigenvalue weighted by molar-refractivity contribution is 5.91. The van der Waals surface area contributed by atoms with Crippen molar-refractivity contribution in [3.63, 3.8) is 0 Å². The van der Waals surface area contributed by atoms with E-state index in [-0.39, 0.29) is 24.5 Å². The summed E-state index contributed by atoms with van der Waals surface area (Å²) < 4.78 is 10.1. The minimum Gasteiger partial charge on any atom is -0.468 e. The van der Waals surface area contributed by atoms with Crippen LogP contribution in [-0.4, -0.2) is 43.8 Å². The molecule has 102 valence electrons. The molecule has 0 aromatic heterocycles. The molecule has 2 aliphatic rings. The van der Waals surface area contributed by atoms with Gasteiger partial charge in [-0.1, -0.05) is 13.8 Å². The van der Waals surface area contributed by atoms with Gasteiger partial charge in [-0.05, 0) is 6.42 Å². The third-order valence-corrected chi connectivity index (χ3v) is 4.45. The Balaban J connectivity index is 2.06. The Bertz CT molecular complexity index is 382. The van der Waals surface area contributed by atoms with E-state index < -0.39 is 16.9 Å². The average Bonchev–Trinajstić information content (AvgIpc) is 2.82. The number of esters is 1. The maximum absolute atomic E-state index is 12.2. The van der Waals surface area contributed by atoms with Gasteiger partial charge in [0.25, 0.3) is 0 Å².